The highest BCUT2D eigenvalue weighted by Crippen LogP contribution is 2.34. The topological polar surface area (TPSA) is 58.9 Å². The molecule has 2 aromatic rings. The van der Waals surface area contributed by atoms with Crippen molar-refractivity contribution in [3.8, 4) is 11.6 Å². The number of nitrogens with one attached hydrogen (secondary N) is 1. The van der Waals surface area contributed by atoms with Gasteiger partial charge in [0.25, 0.3) is 5.56 Å². The summed E-state index contributed by atoms with van der Waals surface area (Å²) in [6, 6.07) is 3.60. The van der Waals surface area contributed by atoms with Crippen molar-refractivity contribution in [2.75, 3.05) is 0 Å². The summed E-state index contributed by atoms with van der Waals surface area (Å²) >= 11 is 2.09. The van der Waals surface area contributed by atoms with E-state index in [0.717, 1.165) is 22.1 Å². The minimum Gasteiger partial charge on any atom is -0.461 e. The van der Waals surface area contributed by atoms with Gasteiger partial charge in [0, 0.05) is 5.92 Å². The molecule has 0 spiro atoms. The zero-order valence-electron chi connectivity index (χ0n) is 9.78. The fraction of sp³-hybridized carbons (Fsp3) is 0.385. The molecule has 18 heavy (non-hydrogen) atoms. The molecule has 0 bridgehead atoms. The third kappa shape index (κ3) is 2.11. The molecule has 4 nitrogen and oxygen atoms in total. The summed E-state index contributed by atoms with van der Waals surface area (Å²) in [5, 5.41) is 0. The Labute approximate surface area is 118 Å². The van der Waals surface area contributed by atoms with Crippen LogP contribution in [0.3, 0.4) is 0 Å². The predicted octanol–water partition coefficient (Wildman–Crippen LogP) is 3.29. The number of nitrogens with zero attached hydrogens (tertiary/aromatic N) is 1. The molecule has 0 amide bonds. The molecule has 1 saturated carbocycles. The minimum absolute atomic E-state index is 0.0705. The lowest BCUT2D eigenvalue weighted by Crippen LogP contribution is -2.17. The molecule has 0 saturated heterocycles. The lowest BCUT2D eigenvalue weighted by Gasteiger charge is -2.11. The first-order chi connectivity index (χ1) is 8.75. The summed E-state index contributed by atoms with van der Waals surface area (Å²) in [5.41, 5.74) is 0.863. The second-order valence-electron chi connectivity index (χ2n) is 4.57. The van der Waals surface area contributed by atoms with Gasteiger partial charge in [-0.2, -0.15) is 0 Å². The maximum absolute atomic E-state index is 12.0. The van der Waals surface area contributed by atoms with E-state index in [1.807, 2.05) is 6.07 Å². The SMILES string of the molecule is O=c1[nH]c(-c2ccco2)nc(C2CCCC2)c1I. The van der Waals surface area contributed by atoms with E-state index in [9.17, 15) is 4.79 Å². The molecule has 0 aliphatic heterocycles. The highest BCUT2D eigenvalue weighted by atomic mass is 127. The molecule has 0 radical (unpaired) electrons. The number of halogens is 1. The molecule has 0 unspecified atom stereocenters. The van der Waals surface area contributed by atoms with E-state index in [1.165, 1.54) is 12.8 Å². The second kappa shape index (κ2) is 4.87. The molecule has 2 aromatic heterocycles. The van der Waals surface area contributed by atoms with Crippen LogP contribution in [0.5, 0.6) is 0 Å². The van der Waals surface area contributed by atoms with Crippen LogP contribution < -0.4 is 5.56 Å². The fourth-order valence-corrected chi connectivity index (χ4v) is 3.17. The summed E-state index contributed by atoms with van der Waals surface area (Å²) in [5.74, 6) is 1.57. The van der Waals surface area contributed by atoms with Gasteiger partial charge in [-0.3, -0.25) is 4.79 Å². The molecule has 0 atom stereocenters. The molecule has 94 valence electrons. The van der Waals surface area contributed by atoms with Gasteiger partial charge in [-0.15, -0.1) is 0 Å². The summed E-state index contributed by atoms with van der Waals surface area (Å²) in [7, 11) is 0. The maximum Gasteiger partial charge on any atom is 0.264 e. The number of hydrogen-bond acceptors (Lipinski definition) is 3. The molecule has 2 heterocycles. The van der Waals surface area contributed by atoms with E-state index in [2.05, 4.69) is 32.6 Å². The van der Waals surface area contributed by atoms with E-state index in [4.69, 9.17) is 4.42 Å². The van der Waals surface area contributed by atoms with E-state index < -0.39 is 0 Å². The van der Waals surface area contributed by atoms with Crippen LogP contribution in [0, 0.1) is 3.57 Å². The normalized spacial score (nSPS) is 16.3. The molecular formula is C13H13IN2O2. The Balaban J connectivity index is 2.10. The van der Waals surface area contributed by atoms with Crippen molar-refractivity contribution < 1.29 is 4.42 Å². The summed E-state index contributed by atoms with van der Waals surface area (Å²) < 4.78 is 6.01. The zero-order chi connectivity index (χ0) is 12.5. The highest BCUT2D eigenvalue weighted by Gasteiger charge is 2.23. The van der Waals surface area contributed by atoms with Crippen LogP contribution in [0.2, 0.25) is 0 Å². The molecule has 0 aromatic carbocycles. The molecular weight excluding hydrogens is 343 g/mol. The third-order valence-corrected chi connectivity index (χ3v) is 4.43. The fourth-order valence-electron chi connectivity index (χ4n) is 2.48. The average Bonchev–Trinajstić information content (AvgIpc) is 3.03. The Hall–Kier alpha value is -1.11. The van der Waals surface area contributed by atoms with E-state index in [0.29, 0.717) is 17.5 Å². The van der Waals surface area contributed by atoms with Crippen molar-refractivity contribution in [2.24, 2.45) is 0 Å². The first-order valence-electron chi connectivity index (χ1n) is 6.09. The zero-order valence-corrected chi connectivity index (χ0v) is 11.9. The molecule has 1 N–H and O–H groups in total. The minimum atomic E-state index is -0.0705. The van der Waals surface area contributed by atoms with Crippen LogP contribution in [0.15, 0.2) is 27.6 Å². The monoisotopic (exact) mass is 356 g/mol. The van der Waals surface area contributed by atoms with Crippen molar-refractivity contribution in [3.63, 3.8) is 0 Å². The molecule has 5 heteroatoms. The van der Waals surface area contributed by atoms with Gasteiger partial charge in [0.15, 0.2) is 11.6 Å². The van der Waals surface area contributed by atoms with Crippen molar-refractivity contribution >= 4 is 22.6 Å². The van der Waals surface area contributed by atoms with Gasteiger partial charge < -0.3 is 9.40 Å². The number of furan rings is 1. The van der Waals surface area contributed by atoms with Gasteiger partial charge in [0.05, 0.1) is 12.0 Å². The van der Waals surface area contributed by atoms with Crippen molar-refractivity contribution in [1.29, 1.82) is 0 Å². The van der Waals surface area contributed by atoms with Gasteiger partial charge in [0.2, 0.25) is 0 Å². The number of aromatic nitrogens is 2. The standard InChI is InChI=1S/C13H13IN2O2/c14-10-11(8-4-1-2-5-8)15-12(16-13(10)17)9-6-3-7-18-9/h3,6-8H,1-2,4-5H2,(H,15,16,17). The number of aromatic amines is 1. The number of H-pyrrole nitrogens is 1. The van der Waals surface area contributed by atoms with Gasteiger partial charge in [-0.25, -0.2) is 4.98 Å². The van der Waals surface area contributed by atoms with Gasteiger partial charge >= 0.3 is 0 Å². The lowest BCUT2D eigenvalue weighted by molar-refractivity contribution is 0.574. The Bertz CT molecular complexity index is 598. The Morgan fingerprint density at radius 3 is 2.83 bits per heavy atom. The highest BCUT2D eigenvalue weighted by molar-refractivity contribution is 14.1. The van der Waals surface area contributed by atoms with Crippen LogP contribution in [-0.4, -0.2) is 9.97 Å². The Kier molecular flexibility index (Phi) is 3.23. The third-order valence-electron chi connectivity index (χ3n) is 3.38. The summed E-state index contributed by atoms with van der Waals surface area (Å²) in [6.45, 7) is 0. The summed E-state index contributed by atoms with van der Waals surface area (Å²) in [4.78, 5) is 19.3. The first kappa shape index (κ1) is 12.0. The van der Waals surface area contributed by atoms with Crippen LogP contribution in [-0.2, 0) is 0 Å². The van der Waals surface area contributed by atoms with Crippen LogP contribution >= 0.6 is 22.6 Å². The predicted molar refractivity (Wildman–Crippen MR) is 76.5 cm³/mol. The Morgan fingerprint density at radius 1 is 1.39 bits per heavy atom. The van der Waals surface area contributed by atoms with Crippen molar-refractivity contribution in [2.45, 2.75) is 31.6 Å². The second-order valence-corrected chi connectivity index (χ2v) is 5.65. The molecule has 1 aliphatic rings. The van der Waals surface area contributed by atoms with Gasteiger partial charge in [-0.05, 0) is 47.6 Å². The van der Waals surface area contributed by atoms with E-state index in [-0.39, 0.29) is 5.56 Å². The van der Waals surface area contributed by atoms with Crippen LogP contribution in [0.1, 0.15) is 37.3 Å². The van der Waals surface area contributed by atoms with E-state index in [1.54, 1.807) is 12.3 Å². The molecule has 3 rings (SSSR count). The first-order valence-corrected chi connectivity index (χ1v) is 7.17. The van der Waals surface area contributed by atoms with Crippen LogP contribution in [0.4, 0.5) is 0 Å². The maximum atomic E-state index is 12.0. The Morgan fingerprint density at radius 2 is 2.17 bits per heavy atom. The number of hydrogen-bond donors (Lipinski definition) is 1. The molecule has 1 fully saturated rings. The largest absolute Gasteiger partial charge is 0.461 e. The van der Waals surface area contributed by atoms with Crippen molar-refractivity contribution in [3.05, 3.63) is 38.0 Å². The van der Waals surface area contributed by atoms with Gasteiger partial charge in [-0.1, -0.05) is 12.8 Å². The van der Waals surface area contributed by atoms with Crippen molar-refractivity contribution in [1.82, 2.24) is 9.97 Å². The van der Waals surface area contributed by atoms with Crippen LogP contribution in [0.25, 0.3) is 11.6 Å². The van der Waals surface area contributed by atoms with E-state index >= 15 is 0 Å². The average molecular weight is 356 g/mol. The quantitative estimate of drug-likeness (QED) is 0.840. The lowest BCUT2D eigenvalue weighted by atomic mass is 10.0. The number of rotatable bonds is 2. The smallest absolute Gasteiger partial charge is 0.264 e. The summed E-state index contributed by atoms with van der Waals surface area (Å²) in [6.07, 6.45) is 6.30. The van der Waals surface area contributed by atoms with Gasteiger partial charge in [0.1, 0.15) is 3.57 Å². The molecule has 1 aliphatic carbocycles.